The maximum atomic E-state index is 9.65. The summed E-state index contributed by atoms with van der Waals surface area (Å²) in [5, 5.41) is 37.2. The van der Waals surface area contributed by atoms with Crippen LogP contribution in [0.2, 0.25) is 0 Å². The summed E-state index contributed by atoms with van der Waals surface area (Å²) in [6.45, 7) is 3.43. The Labute approximate surface area is 263 Å². The van der Waals surface area contributed by atoms with Gasteiger partial charge in [-0.3, -0.25) is 0 Å². The van der Waals surface area contributed by atoms with E-state index in [0.29, 0.717) is 5.76 Å². The third-order valence-corrected chi connectivity index (χ3v) is 7.40. The number of rotatable bonds is 6. The summed E-state index contributed by atoms with van der Waals surface area (Å²) in [5.74, 6) is 1.12. The van der Waals surface area contributed by atoms with Crippen LogP contribution in [0.4, 0.5) is 17.1 Å². The largest absolute Gasteiger partial charge is 0.513 e. The van der Waals surface area contributed by atoms with Crippen molar-refractivity contribution in [2.45, 2.75) is 13.8 Å². The van der Waals surface area contributed by atoms with E-state index in [9.17, 15) is 15.3 Å². The Morgan fingerprint density at radius 1 is 0.400 bits per heavy atom. The van der Waals surface area contributed by atoms with Crippen LogP contribution >= 0.6 is 0 Å². The Balaban J connectivity index is 0.000000743. The molecule has 0 atom stereocenters. The van der Waals surface area contributed by atoms with E-state index >= 15 is 0 Å². The molecule has 5 heteroatoms. The second-order valence-electron chi connectivity index (χ2n) is 10.5. The van der Waals surface area contributed by atoms with Crippen LogP contribution in [0.15, 0.2) is 157 Å². The van der Waals surface area contributed by atoms with Crippen LogP contribution in [0.3, 0.4) is 0 Å². The van der Waals surface area contributed by atoms with Gasteiger partial charge in [-0.25, -0.2) is 0 Å². The van der Waals surface area contributed by atoms with E-state index in [1.807, 2.05) is 36.4 Å². The normalized spacial score (nSPS) is 10.9. The standard InChI is InChI=1S/C36H27NO3.C4H8O/c38-34-19-7-28(8-20-34)25-1-13-31(14-2-25)37(32-15-3-26(4-16-32)29-9-21-35(39)22-10-29)33-17-5-27(6-18-33)30-11-23-36(40)24-12-30;1-3-4(2)5/h1-24,38-40H;3,5H,1-2H3/b;4-3+. The first-order chi connectivity index (χ1) is 21.8. The van der Waals surface area contributed by atoms with Gasteiger partial charge in [0.2, 0.25) is 0 Å². The number of phenolic OH excluding ortho intramolecular Hbond substituents is 3. The van der Waals surface area contributed by atoms with Gasteiger partial charge in [-0.15, -0.1) is 0 Å². The van der Waals surface area contributed by atoms with Gasteiger partial charge in [0, 0.05) is 17.1 Å². The first-order valence-corrected chi connectivity index (χ1v) is 14.6. The van der Waals surface area contributed by atoms with Gasteiger partial charge >= 0.3 is 0 Å². The molecule has 0 aliphatic rings. The number of aliphatic hydroxyl groups excluding tert-OH is 1. The zero-order valence-electron chi connectivity index (χ0n) is 25.2. The fraction of sp³-hybridized carbons (Fsp3) is 0.0500. The maximum absolute atomic E-state index is 9.65. The molecular weight excluding hydrogens is 558 g/mol. The molecule has 45 heavy (non-hydrogen) atoms. The number of aliphatic hydroxyl groups is 1. The smallest absolute Gasteiger partial charge is 0.115 e. The topological polar surface area (TPSA) is 84.2 Å². The van der Waals surface area contributed by atoms with Crippen molar-refractivity contribution in [3.05, 3.63) is 157 Å². The summed E-state index contributed by atoms with van der Waals surface area (Å²) in [5.41, 5.74) is 9.33. The van der Waals surface area contributed by atoms with Crippen LogP contribution in [0.5, 0.6) is 17.2 Å². The second kappa shape index (κ2) is 14.0. The van der Waals surface area contributed by atoms with Crippen LogP contribution in [0, 0.1) is 0 Å². The summed E-state index contributed by atoms with van der Waals surface area (Å²) in [4.78, 5) is 2.21. The molecule has 5 nitrogen and oxygen atoms in total. The summed E-state index contributed by atoms with van der Waals surface area (Å²) in [6.07, 6.45) is 1.64. The lowest BCUT2D eigenvalue weighted by Crippen LogP contribution is -2.09. The molecule has 0 bridgehead atoms. The van der Waals surface area contributed by atoms with E-state index in [4.69, 9.17) is 5.11 Å². The Bertz CT molecular complexity index is 1630. The number of anilines is 3. The molecule has 0 aliphatic carbocycles. The molecule has 224 valence electrons. The molecule has 6 aromatic rings. The minimum atomic E-state index is 0.248. The van der Waals surface area contributed by atoms with E-state index in [2.05, 4.69) is 77.7 Å². The molecular formula is C40H35NO4. The predicted octanol–water partition coefficient (Wildman–Crippen LogP) is 10.7. The number of phenols is 3. The third-order valence-electron chi connectivity index (χ3n) is 7.40. The molecule has 0 aromatic heterocycles. The monoisotopic (exact) mass is 593 g/mol. The lowest BCUT2D eigenvalue weighted by atomic mass is 10.0. The Hall–Kier alpha value is -5.94. The van der Waals surface area contributed by atoms with Crippen LogP contribution in [-0.2, 0) is 0 Å². The maximum Gasteiger partial charge on any atom is 0.115 e. The van der Waals surface area contributed by atoms with Gasteiger partial charge in [0.15, 0.2) is 0 Å². The summed E-state index contributed by atoms with van der Waals surface area (Å²) in [6, 6.07) is 46.8. The average molecular weight is 594 g/mol. The third kappa shape index (κ3) is 7.72. The predicted molar refractivity (Wildman–Crippen MR) is 184 cm³/mol. The molecule has 0 saturated heterocycles. The van der Waals surface area contributed by atoms with Gasteiger partial charge in [0.25, 0.3) is 0 Å². The fourth-order valence-corrected chi connectivity index (χ4v) is 4.82. The quantitative estimate of drug-likeness (QED) is 0.144. The molecule has 4 N–H and O–H groups in total. The van der Waals surface area contributed by atoms with Crippen molar-refractivity contribution in [2.24, 2.45) is 0 Å². The number of aromatic hydroxyl groups is 3. The van der Waals surface area contributed by atoms with Crippen molar-refractivity contribution in [3.63, 3.8) is 0 Å². The number of hydrogen-bond acceptors (Lipinski definition) is 5. The molecule has 0 aliphatic heterocycles. The Kier molecular flexibility index (Phi) is 9.51. The highest BCUT2D eigenvalue weighted by Gasteiger charge is 2.14. The first kappa shape index (κ1) is 30.5. The van der Waals surface area contributed by atoms with Crippen LogP contribution in [0.1, 0.15) is 13.8 Å². The zero-order chi connectivity index (χ0) is 31.8. The van der Waals surface area contributed by atoms with Gasteiger partial charge < -0.3 is 25.3 Å². The molecule has 0 radical (unpaired) electrons. The summed E-state index contributed by atoms with van der Waals surface area (Å²) in [7, 11) is 0. The SMILES string of the molecule is C/C=C(\C)O.Oc1ccc(-c2ccc(N(c3ccc(-c4ccc(O)cc4)cc3)c3ccc(-c4ccc(O)cc4)cc3)cc2)cc1. The van der Waals surface area contributed by atoms with E-state index in [-0.39, 0.29) is 17.2 Å². The second-order valence-corrected chi connectivity index (χ2v) is 10.5. The molecule has 0 unspecified atom stereocenters. The van der Waals surface area contributed by atoms with E-state index in [0.717, 1.165) is 50.4 Å². The van der Waals surface area contributed by atoms with Crippen molar-refractivity contribution in [1.29, 1.82) is 0 Å². The molecule has 6 rings (SSSR count). The van der Waals surface area contributed by atoms with Crippen LogP contribution < -0.4 is 4.90 Å². The highest BCUT2D eigenvalue weighted by Crippen LogP contribution is 2.38. The van der Waals surface area contributed by atoms with Crippen molar-refractivity contribution in [3.8, 4) is 50.6 Å². The van der Waals surface area contributed by atoms with Gasteiger partial charge in [-0.1, -0.05) is 78.9 Å². The molecule has 6 aromatic carbocycles. The number of hydrogen-bond donors (Lipinski definition) is 4. The minimum Gasteiger partial charge on any atom is -0.513 e. The Morgan fingerprint density at radius 2 is 0.578 bits per heavy atom. The zero-order valence-corrected chi connectivity index (χ0v) is 25.2. The average Bonchev–Trinajstić information content (AvgIpc) is 3.07. The summed E-state index contributed by atoms with van der Waals surface area (Å²) < 4.78 is 0. The first-order valence-electron chi connectivity index (χ1n) is 14.6. The van der Waals surface area contributed by atoms with Crippen LogP contribution in [-0.4, -0.2) is 20.4 Å². The van der Waals surface area contributed by atoms with E-state index in [1.54, 1.807) is 56.3 Å². The molecule has 0 saturated carbocycles. The van der Waals surface area contributed by atoms with Gasteiger partial charge in [-0.05, 0) is 120 Å². The highest BCUT2D eigenvalue weighted by molar-refractivity contribution is 5.81. The molecule has 0 amide bonds. The molecule has 0 heterocycles. The minimum absolute atomic E-state index is 0.248. The number of allylic oxidation sites excluding steroid dienone is 2. The van der Waals surface area contributed by atoms with E-state index < -0.39 is 0 Å². The van der Waals surface area contributed by atoms with Gasteiger partial charge in [0.05, 0.1) is 5.76 Å². The number of benzene rings is 6. The van der Waals surface area contributed by atoms with Crippen molar-refractivity contribution in [2.75, 3.05) is 4.90 Å². The van der Waals surface area contributed by atoms with Gasteiger partial charge in [0.1, 0.15) is 17.2 Å². The van der Waals surface area contributed by atoms with Crippen LogP contribution in [0.25, 0.3) is 33.4 Å². The van der Waals surface area contributed by atoms with Gasteiger partial charge in [-0.2, -0.15) is 0 Å². The lowest BCUT2D eigenvalue weighted by molar-refractivity contribution is 0.413. The van der Waals surface area contributed by atoms with E-state index in [1.165, 1.54) is 0 Å². The lowest BCUT2D eigenvalue weighted by Gasteiger charge is -2.26. The number of nitrogens with zero attached hydrogens (tertiary/aromatic N) is 1. The van der Waals surface area contributed by atoms with Crippen molar-refractivity contribution >= 4 is 17.1 Å². The Morgan fingerprint density at radius 3 is 0.756 bits per heavy atom. The molecule has 0 spiro atoms. The highest BCUT2D eigenvalue weighted by atomic mass is 16.3. The summed E-state index contributed by atoms with van der Waals surface area (Å²) >= 11 is 0. The van der Waals surface area contributed by atoms with Crippen molar-refractivity contribution < 1.29 is 20.4 Å². The van der Waals surface area contributed by atoms with Crippen molar-refractivity contribution in [1.82, 2.24) is 0 Å². The fourth-order valence-electron chi connectivity index (χ4n) is 4.82. The molecule has 0 fully saturated rings.